The highest BCUT2D eigenvalue weighted by Crippen LogP contribution is 2.27. The van der Waals surface area contributed by atoms with Gasteiger partial charge in [0.2, 0.25) is 0 Å². The minimum Gasteiger partial charge on any atom is -0.497 e. The normalized spacial score (nSPS) is 22.5. The van der Waals surface area contributed by atoms with Gasteiger partial charge < -0.3 is 14.7 Å². The average Bonchev–Trinajstić information content (AvgIpc) is 2.54. The third-order valence-corrected chi connectivity index (χ3v) is 4.82. The fourth-order valence-electron chi connectivity index (χ4n) is 3.60. The minimum absolute atomic E-state index is 0.174. The standard InChI is InChI=1S/C18H29FN2O2/c1-20(2)18-8-9-21(12-14(18)5-4-10-22)13-15-11-16(23-3)6-7-17(15)19/h6-7,11,14,18,22H,4-5,8-10,12-13H2,1-3H3/t14-,18+/m1/s1. The third-order valence-electron chi connectivity index (χ3n) is 4.82. The Bertz CT molecular complexity index is 496. The zero-order valence-corrected chi connectivity index (χ0v) is 14.5. The number of hydrogen-bond acceptors (Lipinski definition) is 4. The molecule has 0 bridgehead atoms. The average molecular weight is 324 g/mol. The molecule has 1 heterocycles. The molecule has 23 heavy (non-hydrogen) atoms. The monoisotopic (exact) mass is 324 g/mol. The van der Waals surface area contributed by atoms with Crippen LogP contribution in [0.1, 0.15) is 24.8 Å². The van der Waals surface area contributed by atoms with Gasteiger partial charge in [-0.1, -0.05) is 0 Å². The zero-order valence-electron chi connectivity index (χ0n) is 14.5. The van der Waals surface area contributed by atoms with Gasteiger partial charge in [0, 0.05) is 31.3 Å². The van der Waals surface area contributed by atoms with Crippen molar-refractivity contribution in [1.82, 2.24) is 9.80 Å². The summed E-state index contributed by atoms with van der Waals surface area (Å²) < 4.78 is 19.2. The molecule has 1 aliphatic heterocycles. The number of methoxy groups -OCH3 is 1. The lowest BCUT2D eigenvalue weighted by molar-refractivity contribution is 0.0711. The molecule has 1 fully saturated rings. The van der Waals surface area contributed by atoms with E-state index >= 15 is 0 Å². The van der Waals surface area contributed by atoms with E-state index in [9.17, 15) is 4.39 Å². The lowest BCUT2D eigenvalue weighted by Crippen LogP contribution is -2.48. The zero-order chi connectivity index (χ0) is 16.8. The summed E-state index contributed by atoms with van der Waals surface area (Å²) in [4.78, 5) is 4.60. The number of aliphatic hydroxyl groups excluding tert-OH is 1. The van der Waals surface area contributed by atoms with Crippen LogP contribution in [0.4, 0.5) is 4.39 Å². The highest BCUT2D eigenvalue weighted by atomic mass is 19.1. The van der Waals surface area contributed by atoms with E-state index in [1.54, 1.807) is 19.2 Å². The Labute approximate surface area is 138 Å². The summed E-state index contributed by atoms with van der Waals surface area (Å²) in [6, 6.07) is 5.45. The number of ether oxygens (including phenoxy) is 1. The molecule has 130 valence electrons. The van der Waals surface area contributed by atoms with Gasteiger partial charge in [0.05, 0.1) is 7.11 Å². The van der Waals surface area contributed by atoms with E-state index in [2.05, 4.69) is 23.9 Å². The van der Waals surface area contributed by atoms with Gasteiger partial charge >= 0.3 is 0 Å². The molecular formula is C18H29FN2O2. The van der Waals surface area contributed by atoms with Crippen molar-refractivity contribution in [3.8, 4) is 5.75 Å². The number of likely N-dealkylation sites (tertiary alicyclic amines) is 1. The van der Waals surface area contributed by atoms with Crippen molar-refractivity contribution in [2.24, 2.45) is 5.92 Å². The molecular weight excluding hydrogens is 295 g/mol. The first-order chi connectivity index (χ1) is 11.0. The third kappa shape index (κ3) is 4.90. The molecule has 1 aromatic carbocycles. The molecule has 0 saturated carbocycles. The fourth-order valence-corrected chi connectivity index (χ4v) is 3.60. The summed E-state index contributed by atoms with van der Waals surface area (Å²) in [5.41, 5.74) is 0.688. The summed E-state index contributed by atoms with van der Waals surface area (Å²) >= 11 is 0. The van der Waals surface area contributed by atoms with E-state index < -0.39 is 0 Å². The second-order valence-corrected chi connectivity index (χ2v) is 6.64. The number of piperidine rings is 1. The van der Waals surface area contributed by atoms with Crippen LogP contribution in [0.3, 0.4) is 0 Å². The quantitative estimate of drug-likeness (QED) is 0.835. The number of hydrogen-bond donors (Lipinski definition) is 1. The Balaban J connectivity index is 2.03. The van der Waals surface area contributed by atoms with Crippen molar-refractivity contribution < 1.29 is 14.2 Å². The predicted octanol–water partition coefficient (Wildman–Crippen LogP) is 2.36. The van der Waals surface area contributed by atoms with Gasteiger partial charge in [0.25, 0.3) is 0 Å². The van der Waals surface area contributed by atoms with Gasteiger partial charge in [-0.05, 0) is 64.0 Å². The molecule has 2 atom stereocenters. The molecule has 2 rings (SSSR count). The molecule has 1 aromatic rings. The van der Waals surface area contributed by atoms with Crippen LogP contribution < -0.4 is 4.74 Å². The summed E-state index contributed by atoms with van der Waals surface area (Å²) in [7, 11) is 5.84. The van der Waals surface area contributed by atoms with Crippen molar-refractivity contribution in [2.45, 2.75) is 31.8 Å². The van der Waals surface area contributed by atoms with E-state index in [0.717, 1.165) is 32.4 Å². The first-order valence-electron chi connectivity index (χ1n) is 8.37. The second-order valence-electron chi connectivity index (χ2n) is 6.64. The van der Waals surface area contributed by atoms with Crippen LogP contribution in [0.15, 0.2) is 18.2 Å². The summed E-state index contributed by atoms with van der Waals surface area (Å²) in [6.45, 7) is 2.76. The fraction of sp³-hybridized carbons (Fsp3) is 0.667. The van der Waals surface area contributed by atoms with Crippen LogP contribution >= 0.6 is 0 Å². The lowest BCUT2D eigenvalue weighted by atomic mass is 9.87. The number of nitrogens with zero attached hydrogens (tertiary/aromatic N) is 2. The maximum absolute atomic E-state index is 14.0. The van der Waals surface area contributed by atoms with Gasteiger partial charge in [0.1, 0.15) is 11.6 Å². The Hall–Kier alpha value is -1.17. The maximum Gasteiger partial charge on any atom is 0.127 e. The summed E-state index contributed by atoms with van der Waals surface area (Å²) in [5.74, 6) is 1.04. The van der Waals surface area contributed by atoms with Crippen LogP contribution in [0.2, 0.25) is 0 Å². The van der Waals surface area contributed by atoms with Gasteiger partial charge in [-0.25, -0.2) is 4.39 Å². The molecule has 0 aromatic heterocycles. The molecule has 0 aliphatic carbocycles. The van der Waals surface area contributed by atoms with Crippen molar-refractivity contribution in [2.75, 3.05) is 40.9 Å². The van der Waals surface area contributed by atoms with E-state index in [-0.39, 0.29) is 12.4 Å². The molecule has 0 spiro atoms. The Morgan fingerprint density at radius 2 is 2.17 bits per heavy atom. The Morgan fingerprint density at radius 1 is 1.39 bits per heavy atom. The van der Waals surface area contributed by atoms with E-state index in [1.165, 1.54) is 6.07 Å². The molecule has 5 heteroatoms. The van der Waals surface area contributed by atoms with Gasteiger partial charge in [-0.3, -0.25) is 4.90 Å². The van der Waals surface area contributed by atoms with Crippen LogP contribution in [0, 0.1) is 11.7 Å². The van der Waals surface area contributed by atoms with Crippen LogP contribution in [0.25, 0.3) is 0 Å². The van der Waals surface area contributed by atoms with Crippen molar-refractivity contribution in [3.05, 3.63) is 29.6 Å². The van der Waals surface area contributed by atoms with Crippen molar-refractivity contribution >= 4 is 0 Å². The molecule has 4 nitrogen and oxygen atoms in total. The van der Waals surface area contributed by atoms with Crippen molar-refractivity contribution in [3.63, 3.8) is 0 Å². The SMILES string of the molecule is COc1ccc(F)c(CN2CC[C@H](N(C)C)[C@H](CCCO)C2)c1. The van der Waals surface area contributed by atoms with E-state index in [0.29, 0.717) is 29.8 Å². The largest absolute Gasteiger partial charge is 0.497 e. The first kappa shape index (κ1) is 18.2. The van der Waals surface area contributed by atoms with E-state index in [1.807, 2.05) is 0 Å². The van der Waals surface area contributed by atoms with Gasteiger partial charge in [-0.2, -0.15) is 0 Å². The number of aliphatic hydroxyl groups is 1. The topological polar surface area (TPSA) is 35.9 Å². The smallest absolute Gasteiger partial charge is 0.127 e. The highest BCUT2D eigenvalue weighted by molar-refractivity contribution is 5.29. The molecule has 0 amide bonds. The Morgan fingerprint density at radius 3 is 2.83 bits per heavy atom. The second kappa shape index (κ2) is 8.62. The molecule has 0 unspecified atom stereocenters. The predicted molar refractivity (Wildman–Crippen MR) is 90.1 cm³/mol. The van der Waals surface area contributed by atoms with Gasteiger partial charge in [0.15, 0.2) is 0 Å². The summed E-state index contributed by atoms with van der Waals surface area (Å²) in [6.07, 6.45) is 2.92. The molecule has 0 radical (unpaired) electrons. The van der Waals surface area contributed by atoms with Crippen LogP contribution in [-0.4, -0.2) is 61.8 Å². The number of halogens is 1. The van der Waals surface area contributed by atoms with E-state index in [4.69, 9.17) is 9.84 Å². The minimum atomic E-state index is -0.174. The van der Waals surface area contributed by atoms with Crippen LogP contribution in [0.5, 0.6) is 5.75 Å². The Kier molecular flexibility index (Phi) is 6.81. The van der Waals surface area contributed by atoms with Crippen molar-refractivity contribution in [1.29, 1.82) is 0 Å². The number of rotatable bonds is 7. The molecule has 1 N–H and O–H groups in total. The number of benzene rings is 1. The molecule has 1 saturated heterocycles. The molecule has 1 aliphatic rings. The lowest BCUT2D eigenvalue weighted by Gasteiger charge is -2.41. The first-order valence-corrected chi connectivity index (χ1v) is 8.37. The highest BCUT2D eigenvalue weighted by Gasteiger charge is 2.30. The maximum atomic E-state index is 14.0. The van der Waals surface area contributed by atoms with Crippen LogP contribution in [-0.2, 0) is 6.54 Å². The van der Waals surface area contributed by atoms with Gasteiger partial charge in [-0.15, -0.1) is 0 Å². The summed E-state index contributed by atoms with van der Waals surface area (Å²) in [5, 5.41) is 9.13.